The Hall–Kier alpha value is -2.26. The van der Waals surface area contributed by atoms with Crippen molar-refractivity contribution in [2.24, 2.45) is 0 Å². The average Bonchev–Trinajstić information content (AvgIpc) is 2.27. The van der Waals surface area contributed by atoms with E-state index in [2.05, 4.69) is 0 Å². The molecule has 1 rings (SSSR count). The number of amides is 1. The Morgan fingerprint density at radius 3 is 2.26 bits per heavy atom. The van der Waals surface area contributed by atoms with E-state index in [0.29, 0.717) is 0 Å². The van der Waals surface area contributed by atoms with Crippen molar-refractivity contribution in [1.29, 1.82) is 0 Å². The number of nitro benzene ring substituents is 1. The zero-order valence-corrected chi connectivity index (χ0v) is 8.92. The molecular formula is C9H5F5N2O3. The summed E-state index contributed by atoms with van der Waals surface area (Å²) in [5.74, 6) is -4.69. The summed E-state index contributed by atoms with van der Waals surface area (Å²) in [6.07, 6.45) is -4.73. The van der Waals surface area contributed by atoms with E-state index >= 15 is 0 Å². The lowest BCUT2D eigenvalue weighted by atomic mass is 10.1. The Kier molecular flexibility index (Phi) is 4.02. The summed E-state index contributed by atoms with van der Waals surface area (Å²) in [6.45, 7) is -1.75. The van der Waals surface area contributed by atoms with Crippen LogP contribution in [0.15, 0.2) is 12.1 Å². The topological polar surface area (TPSA) is 72.2 Å². The molecule has 1 aromatic rings. The van der Waals surface area contributed by atoms with E-state index in [1.54, 1.807) is 0 Å². The molecule has 0 spiro atoms. The van der Waals surface area contributed by atoms with Gasteiger partial charge in [0.25, 0.3) is 11.6 Å². The SMILES string of the molecule is O=C(NCC(F)(F)F)c1cc(F)c(F)cc1[N+](=O)[O-]. The molecule has 0 bridgehead atoms. The molecule has 1 N–H and O–H groups in total. The zero-order valence-electron chi connectivity index (χ0n) is 8.92. The highest BCUT2D eigenvalue weighted by molar-refractivity contribution is 5.98. The number of hydrogen-bond donors (Lipinski definition) is 1. The highest BCUT2D eigenvalue weighted by Gasteiger charge is 2.30. The summed E-state index contributed by atoms with van der Waals surface area (Å²) >= 11 is 0. The number of hydrogen-bond acceptors (Lipinski definition) is 3. The Morgan fingerprint density at radius 1 is 1.26 bits per heavy atom. The quantitative estimate of drug-likeness (QED) is 0.525. The number of nitrogens with zero attached hydrogens (tertiary/aromatic N) is 1. The number of carbonyl (C=O) groups is 1. The minimum atomic E-state index is -4.73. The summed E-state index contributed by atoms with van der Waals surface area (Å²) in [5, 5.41) is 11.8. The molecule has 0 aliphatic rings. The molecule has 0 aromatic heterocycles. The van der Waals surface area contributed by atoms with Gasteiger partial charge in [0.2, 0.25) is 0 Å². The van der Waals surface area contributed by atoms with Gasteiger partial charge in [0.05, 0.1) is 11.0 Å². The fourth-order valence-electron chi connectivity index (χ4n) is 1.14. The summed E-state index contributed by atoms with van der Waals surface area (Å²) in [4.78, 5) is 20.6. The van der Waals surface area contributed by atoms with E-state index in [0.717, 1.165) is 0 Å². The molecule has 0 atom stereocenters. The Labute approximate surface area is 102 Å². The van der Waals surface area contributed by atoms with E-state index < -0.39 is 46.4 Å². The second-order valence-corrected chi connectivity index (χ2v) is 3.34. The van der Waals surface area contributed by atoms with Gasteiger partial charge in [-0.15, -0.1) is 0 Å². The summed E-state index contributed by atoms with van der Waals surface area (Å²) < 4.78 is 61.2. The summed E-state index contributed by atoms with van der Waals surface area (Å²) in [7, 11) is 0. The highest BCUT2D eigenvalue weighted by atomic mass is 19.4. The first-order valence-corrected chi connectivity index (χ1v) is 4.60. The zero-order chi connectivity index (χ0) is 14.8. The van der Waals surface area contributed by atoms with E-state index in [-0.39, 0.29) is 12.1 Å². The standard InChI is InChI=1S/C9H5F5N2O3/c10-5-1-4(7(16(18)19)2-6(5)11)8(17)15-3-9(12,13)14/h1-2H,3H2,(H,15,17). The maximum atomic E-state index is 12.9. The average molecular weight is 284 g/mol. The molecule has 5 nitrogen and oxygen atoms in total. The van der Waals surface area contributed by atoms with E-state index in [9.17, 15) is 36.9 Å². The number of alkyl halides is 3. The molecule has 0 fully saturated rings. The number of nitro groups is 1. The number of benzene rings is 1. The largest absolute Gasteiger partial charge is 0.405 e. The van der Waals surface area contributed by atoms with Crippen LogP contribution in [-0.2, 0) is 0 Å². The van der Waals surface area contributed by atoms with Crippen LogP contribution in [0.25, 0.3) is 0 Å². The van der Waals surface area contributed by atoms with Gasteiger partial charge in [-0.25, -0.2) is 8.78 Å². The van der Waals surface area contributed by atoms with Crippen molar-refractivity contribution < 1.29 is 31.7 Å². The van der Waals surface area contributed by atoms with Gasteiger partial charge >= 0.3 is 6.18 Å². The molecule has 0 aliphatic carbocycles. The maximum absolute atomic E-state index is 12.9. The van der Waals surface area contributed by atoms with Crippen molar-refractivity contribution in [2.75, 3.05) is 6.54 Å². The van der Waals surface area contributed by atoms with Crippen LogP contribution in [0.5, 0.6) is 0 Å². The van der Waals surface area contributed by atoms with Crippen LogP contribution in [0.4, 0.5) is 27.6 Å². The minimum absolute atomic E-state index is 0.123. The van der Waals surface area contributed by atoms with Crippen LogP contribution in [-0.4, -0.2) is 23.6 Å². The van der Waals surface area contributed by atoms with E-state index in [1.165, 1.54) is 5.32 Å². The third-order valence-electron chi connectivity index (χ3n) is 1.93. The molecule has 0 saturated carbocycles. The molecule has 0 saturated heterocycles. The van der Waals surface area contributed by atoms with Crippen molar-refractivity contribution in [3.05, 3.63) is 39.4 Å². The van der Waals surface area contributed by atoms with Crippen molar-refractivity contribution >= 4 is 11.6 Å². The summed E-state index contributed by atoms with van der Waals surface area (Å²) in [5.41, 5.74) is -2.12. The Morgan fingerprint density at radius 2 is 1.79 bits per heavy atom. The predicted octanol–water partition coefficient (Wildman–Crippen LogP) is 2.17. The van der Waals surface area contributed by atoms with Gasteiger partial charge in [0.1, 0.15) is 12.1 Å². The van der Waals surface area contributed by atoms with Crippen LogP contribution < -0.4 is 5.32 Å². The van der Waals surface area contributed by atoms with Gasteiger partial charge in [0, 0.05) is 0 Å². The van der Waals surface area contributed by atoms with Gasteiger partial charge in [-0.3, -0.25) is 14.9 Å². The number of nitrogens with one attached hydrogen (secondary N) is 1. The fourth-order valence-corrected chi connectivity index (χ4v) is 1.14. The second kappa shape index (κ2) is 5.16. The van der Waals surface area contributed by atoms with Gasteiger partial charge in [-0.05, 0) is 6.07 Å². The first-order chi connectivity index (χ1) is 8.61. The van der Waals surface area contributed by atoms with Crippen LogP contribution in [0.3, 0.4) is 0 Å². The smallest absolute Gasteiger partial charge is 0.343 e. The Bertz CT molecular complexity index is 529. The third-order valence-corrected chi connectivity index (χ3v) is 1.93. The lowest BCUT2D eigenvalue weighted by Crippen LogP contribution is -2.34. The third kappa shape index (κ3) is 3.86. The van der Waals surface area contributed by atoms with Crippen molar-refractivity contribution in [1.82, 2.24) is 5.32 Å². The van der Waals surface area contributed by atoms with Crippen LogP contribution in [0.1, 0.15) is 10.4 Å². The molecule has 0 heterocycles. The molecule has 1 amide bonds. The molecule has 104 valence electrons. The van der Waals surface area contributed by atoms with Gasteiger partial charge in [0.15, 0.2) is 11.6 Å². The van der Waals surface area contributed by atoms with Crippen molar-refractivity contribution in [2.45, 2.75) is 6.18 Å². The first-order valence-electron chi connectivity index (χ1n) is 4.60. The second-order valence-electron chi connectivity index (χ2n) is 3.34. The van der Waals surface area contributed by atoms with Gasteiger partial charge in [-0.2, -0.15) is 13.2 Å². The lowest BCUT2D eigenvalue weighted by molar-refractivity contribution is -0.385. The van der Waals surface area contributed by atoms with Gasteiger partial charge < -0.3 is 5.32 Å². The number of carbonyl (C=O) groups excluding carboxylic acids is 1. The minimum Gasteiger partial charge on any atom is -0.343 e. The summed E-state index contributed by atoms with van der Waals surface area (Å²) in [6, 6.07) is 0.289. The predicted molar refractivity (Wildman–Crippen MR) is 51.4 cm³/mol. The number of halogens is 5. The molecule has 10 heteroatoms. The molecule has 19 heavy (non-hydrogen) atoms. The van der Waals surface area contributed by atoms with Crippen molar-refractivity contribution in [3.63, 3.8) is 0 Å². The maximum Gasteiger partial charge on any atom is 0.405 e. The molecule has 0 unspecified atom stereocenters. The van der Waals surface area contributed by atoms with Crippen LogP contribution in [0, 0.1) is 21.7 Å². The fraction of sp³-hybridized carbons (Fsp3) is 0.222. The van der Waals surface area contributed by atoms with Gasteiger partial charge in [-0.1, -0.05) is 0 Å². The molecular weight excluding hydrogens is 279 g/mol. The monoisotopic (exact) mass is 284 g/mol. The Balaban J connectivity index is 3.08. The van der Waals surface area contributed by atoms with Crippen LogP contribution in [0.2, 0.25) is 0 Å². The lowest BCUT2D eigenvalue weighted by Gasteiger charge is -2.08. The van der Waals surface area contributed by atoms with Crippen LogP contribution >= 0.6 is 0 Å². The molecule has 0 radical (unpaired) electrons. The van der Waals surface area contributed by atoms with E-state index in [1.807, 2.05) is 0 Å². The number of rotatable bonds is 3. The first kappa shape index (κ1) is 14.8. The molecule has 0 aliphatic heterocycles. The highest BCUT2D eigenvalue weighted by Crippen LogP contribution is 2.22. The van der Waals surface area contributed by atoms with Crippen molar-refractivity contribution in [3.8, 4) is 0 Å². The molecule has 1 aromatic carbocycles. The van der Waals surface area contributed by atoms with E-state index in [4.69, 9.17) is 0 Å². The normalized spacial score (nSPS) is 11.2.